The van der Waals surface area contributed by atoms with Gasteiger partial charge in [-0.15, -0.1) is 0 Å². The van der Waals surface area contributed by atoms with E-state index < -0.39 is 17.8 Å². The maximum atomic E-state index is 12.6. The number of nitrogens with one attached hydrogen (secondary N) is 1. The normalized spacial score (nSPS) is 12.9. The second-order valence-electron chi connectivity index (χ2n) is 6.61. The number of carbonyl (C=O) groups is 4. The van der Waals surface area contributed by atoms with E-state index in [1.54, 1.807) is 19.1 Å². The number of benzene rings is 2. The molecule has 1 heterocycles. The Morgan fingerprint density at radius 3 is 2.46 bits per heavy atom. The molecule has 3 amide bonds. The van der Waals surface area contributed by atoms with Crippen molar-refractivity contribution < 1.29 is 24.3 Å². The molecule has 2 aromatic rings. The average Bonchev–Trinajstić information content (AvgIpc) is 2.91. The number of anilines is 1. The van der Waals surface area contributed by atoms with Crippen LogP contribution in [-0.4, -0.2) is 40.2 Å². The first-order valence-electron chi connectivity index (χ1n) is 8.99. The smallest absolute Gasteiger partial charge is 0.336 e. The van der Waals surface area contributed by atoms with Crippen molar-refractivity contribution in [3.63, 3.8) is 0 Å². The molecule has 0 spiro atoms. The number of fused-ring (bicyclic) bond motifs is 1. The summed E-state index contributed by atoms with van der Waals surface area (Å²) in [5.41, 5.74) is 1.63. The Morgan fingerprint density at radius 2 is 1.79 bits per heavy atom. The van der Waals surface area contributed by atoms with Crippen LogP contribution >= 0.6 is 0 Å². The molecule has 0 atom stereocenters. The summed E-state index contributed by atoms with van der Waals surface area (Å²) in [6, 6.07) is 8.98. The van der Waals surface area contributed by atoms with Gasteiger partial charge in [-0.2, -0.15) is 0 Å². The first-order valence-corrected chi connectivity index (χ1v) is 8.99. The lowest BCUT2D eigenvalue weighted by Crippen LogP contribution is -2.30. The lowest BCUT2D eigenvalue weighted by atomic mass is 10.0. The van der Waals surface area contributed by atoms with Gasteiger partial charge in [0.1, 0.15) is 0 Å². The third-order valence-corrected chi connectivity index (χ3v) is 4.78. The Labute approximate surface area is 162 Å². The average molecular weight is 380 g/mol. The van der Waals surface area contributed by atoms with E-state index in [1.807, 2.05) is 6.92 Å². The van der Waals surface area contributed by atoms with Crippen molar-refractivity contribution in [2.45, 2.75) is 26.7 Å². The zero-order chi connectivity index (χ0) is 20.4. The molecule has 0 aromatic heterocycles. The van der Waals surface area contributed by atoms with Crippen molar-refractivity contribution in [1.29, 1.82) is 0 Å². The molecule has 7 heteroatoms. The van der Waals surface area contributed by atoms with Crippen LogP contribution in [-0.2, 0) is 0 Å². The summed E-state index contributed by atoms with van der Waals surface area (Å²) in [5, 5.41) is 11.9. The molecule has 2 aromatic carbocycles. The standard InChI is InChI=1S/C21H20N2O5/c1-3-4-10-23-19(25)15-9-8-13(11-16(15)20(23)26)18(24)22-17-7-5-6-14(12(17)2)21(27)28/h5-9,11H,3-4,10H2,1-2H3,(H,22,24)(H,27,28). The SMILES string of the molecule is CCCCN1C(=O)c2ccc(C(=O)Nc3cccc(C(=O)O)c3C)cc2C1=O. The maximum absolute atomic E-state index is 12.6. The van der Waals surface area contributed by atoms with Gasteiger partial charge in [-0.05, 0) is 49.2 Å². The van der Waals surface area contributed by atoms with Crippen LogP contribution in [0.25, 0.3) is 0 Å². The molecule has 0 radical (unpaired) electrons. The highest BCUT2D eigenvalue weighted by atomic mass is 16.4. The Balaban J connectivity index is 1.86. The topological polar surface area (TPSA) is 104 Å². The number of unbranched alkanes of at least 4 members (excludes halogenated alkanes) is 1. The molecule has 144 valence electrons. The monoisotopic (exact) mass is 380 g/mol. The Kier molecular flexibility index (Phi) is 5.26. The molecule has 7 nitrogen and oxygen atoms in total. The number of nitrogens with zero attached hydrogens (tertiary/aromatic N) is 1. The van der Waals surface area contributed by atoms with Gasteiger partial charge < -0.3 is 10.4 Å². The number of rotatable bonds is 6. The number of hydrogen-bond acceptors (Lipinski definition) is 4. The van der Waals surface area contributed by atoms with E-state index in [4.69, 9.17) is 0 Å². The zero-order valence-corrected chi connectivity index (χ0v) is 15.6. The predicted molar refractivity (Wildman–Crippen MR) is 103 cm³/mol. The molecule has 0 unspecified atom stereocenters. The number of amides is 3. The van der Waals surface area contributed by atoms with Crippen LogP contribution in [0.1, 0.15) is 66.8 Å². The lowest BCUT2D eigenvalue weighted by molar-refractivity contribution is 0.0648. The first-order chi connectivity index (χ1) is 13.3. The van der Waals surface area contributed by atoms with E-state index in [9.17, 15) is 24.3 Å². The van der Waals surface area contributed by atoms with Crippen LogP contribution in [0.5, 0.6) is 0 Å². The highest BCUT2D eigenvalue weighted by Crippen LogP contribution is 2.25. The minimum absolute atomic E-state index is 0.0964. The van der Waals surface area contributed by atoms with E-state index in [2.05, 4.69) is 5.32 Å². The van der Waals surface area contributed by atoms with Crippen LogP contribution in [0.15, 0.2) is 36.4 Å². The Bertz CT molecular complexity index is 996. The summed E-state index contributed by atoms with van der Waals surface area (Å²) in [6.45, 7) is 3.93. The van der Waals surface area contributed by atoms with Crippen LogP contribution in [0.3, 0.4) is 0 Å². The predicted octanol–water partition coefficient (Wildman–Crippen LogP) is 3.34. The fraction of sp³-hybridized carbons (Fsp3) is 0.238. The Hall–Kier alpha value is -3.48. The van der Waals surface area contributed by atoms with E-state index in [0.29, 0.717) is 23.4 Å². The molecule has 0 aliphatic carbocycles. The van der Waals surface area contributed by atoms with Crippen LogP contribution < -0.4 is 5.32 Å². The molecule has 3 rings (SSSR count). The summed E-state index contributed by atoms with van der Waals surface area (Å²) in [6.07, 6.45) is 1.58. The summed E-state index contributed by atoms with van der Waals surface area (Å²) in [4.78, 5) is 50.0. The second-order valence-corrected chi connectivity index (χ2v) is 6.61. The minimum atomic E-state index is -1.08. The van der Waals surface area contributed by atoms with Crippen molar-refractivity contribution in [2.75, 3.05) is 11.9 Å². The molecule has 1 aliphatic heterocycles. The molecule has 2 N–H and O–H groups in total. The number of carboxylic acid groups (broad SMARTS) is 1. The minimum Gasteiger partial charge on any atom is -0.478 e. The van der Waals surface area contributed by atoms with Crippen LogP contribution in [0.4, 0.5) is 5.69 Å². The molecule has 0 saturated carbocycles. The summed E-state index contributed by atoms with van der Waals surface area (Å²) in [5.74, 6) is -2.30. The third kappa shape index (κ3) is 3.38. The van der Waals surface area contributed by atoms with Gasteiger partial charge in [0.05, 0.1) is 16.7 Å². The van der Waals surface area contributed by atoms with Gasteiger partial charge in [-0.25, -0.2) is 4.79 Å². The van der Waals surface area contributed by atoms with Crippen molar-refractivity contribution in [2.24, 2.45) is 0 Å². The quantitative estimate of drug-likeness (QED) is 0.748. The summed E-state index contributed by atoms with van der Waals surface area (Å²) >= 11 is 0. The molecule has 28 heavy (non-hydrogen) atoms. The maximum Gasteiger partial charge on any atom is 0.336 e. The first kappa shape index (κ1) is 19.3. The molecule has 1 aliphatic rings. The number of hydrogen-bond donors (Lipinski definition) is 2. The fourth-order valence-electron chi connectivity index (χ4n) is 3.15. The van der Waals surface area contributed by atoms with Gasteiger partial charge >= 0.3 is 5.97 Å². The van der Waals surface area contributed by atoms with Gasteiger partial charge in [-0.1, -0.05) is 19.4 Å². The number of aromatic carboxylic acids is 1. The Morgan fingerprint density at radius 1 is 1.07 bits per heavy atom. The molecular weight excluding hydrogens is 360 g/mol. The van der Waals surface area contributed by atoms with Crippen molar-refractivity contribution in [3.8, 4) is 0 Å². The van der Waals surface area contributed by atoms with Gasteiger partial charge in [0.25, 0.3) is 17.7 Å². The van der Waals surface area contributed by atoms with E-state index in [0.717, 1.165) is 12.8 Å². The highest BCUT2D eigenvalue weighted by Gasteiger charge is 2.35. The molecule has 0 bridgehead atoms. The highest BCUT2D eigenvalue weighted by molar-refractivity contribution is 6.22. The summed E-state index contributed by atoms with van der Waals surface area (Å²) in [7, 11) is 0. The van der Waals surface area contributed by atoms with Crippen molar-refractivity contribution >= 4 is 29.4 Å². The van der Waals surface area contributed by atoms with Gasteiger partial charge in [0.15, 0.2) is 0 Å². The molecule has 0 saturated heterocycles. The third-order valence-electron chi connectivity index (χ3n) is 4.78. The van der Waals surface area contributed by atoms with Gasteiger partial charge in [-0.3, -0.25) is 19.3 Å². The largest absolute Gasteiger partial charge is 0.478 e. The number of imide groups is 1. The van der Waals surface area contributed by atoms with Crippen LogP contribution in [0.2, 0.25) is 0 Å². The van der Waals surface area contributed by atoms with E-state index in [-0.39, 0.29) is 22.6 Å². The van der Waals surface area contributed by atoms with Gasteiger partial charge in [0.2, 0.25) is 0 Å². The lowest BCUT2D eigenvalue weighted by Gasteiger charge is -2.12. The second kappa shape index (κ2) is 7.64. The van der Waals surface area contributed by atoms with Gasteiger partial charge in [0, 0.05) is 17.8 Å². The molecular formula is C21H20N2O5. The number of carbonyl (C=O) groups excluding carboxylic acids is 3. The van der Waals surface area contributed by atoms with E-state index >= 15 is 0 Å². The zero-order valence-electron chi connectivity index (χ0n) is 15.6. The van der Waals surface area contributed by atoms with Crippen molar-refractivity contribution in [1.82, 2.24) is 4.90 Å². The van der Waals surface area contributed by atoms with E-state index in [1.165, 1.54) is 29.2 Å². The fourth-order valence-corrected chi connectivity index (χ4v) is 3.15. The van der Waals surface area contributed by atoms with Crippen molar-refractivity contribution in [3.05, 3.63) is 64.2 Å². The summed E-state index contributed by atoms with van der Waals surface area (Å²) < 4.78 is 0. The molecule has 0 fully saturated rings. The van der Waals surface area contributed by atoms with Crippen LogP contribution in [0, 0.1) is 6.92 Å². The number of carboxylic acids is 1.